The minimum atomic E-state index is -0.234. The summed E-state index contributed by atoms with van der Waals surface area (Å²) in [5.41, 5.74) is 9.35. The number of halogens is 2. The van der Waals surface area contributed by atoms with E-state index in [0.717, 1.165) is 26.5 Å². The van der Waals surface area contributed by atoms with Gasteiger partial charge < -0.3 is 5.73 Å². The largest absolute Gasteiger partial charge is 0.320 e. The number of benzene rings is 2. The van der Waals surface area contributed by atoms with Crippen LogP contribution in [0, 0.1) is 0 Å². The summed E-state index contributed by atoms with van der Waals surface area (Å²) < 4.78 is 0.848. The van der Waals surface area contributed by atoms with Gasteiger partial charge in [-0.25, -0.2) is 0 Å². The second-order valence-electron chi connectivity index (χ2n) is 4.57. The first-order chi connectivity index (χ1) is 9.66. The third kappa shape index (κ3) is 2.44. The summed E-state index contributed by atoms with van der Waals surface area (Å²) >= 11 is 9.46. The van der Waals surface area contributed by atoms with E-state index in [0.29, 0.717) is 5.02 Å². The Labute approximate surface area is 130 Å². The van der Waals surface area contributed by atoms with Crippen molar-refractivity contribution < 1.29 is 0 Å². The molecular formula is C16H12BrClN2. The Hall–Kier alpha value is -1.42. The highest BCUT2D eigenvalue weighted by atomic mass is 79.9. The molecule has 1 atom stereocenters. The summed E-state index contributed by atoms with van der Waals surface area (Å²) in [5.74, 6) is 0. The van der Waals surface area contributed by atoms with Crippen LogP contribution in [-0.4, -0.2) is 4.98 Å². The quantitative estimate of drug-likeness (QED) is 0.730. The normalized spacial score (nSPS) is 12.6. The third-order valence-corrected chi connectivity index (χ3v) is 4.52. The van der Waals surface area contributed by atoms with Crippen LogP contribution in [0.2, 0.25) is 5.02 Å². The van der Waals surface area contributed by atoms with E-state index in [1.165, 1.54) is 0 Å². The van der Waals surface area contributed by atoms with Crippen molar-refractivity contribution >= 4 is 38.4 Å². The summed E-state index contributed by atoms with van der Waals surface area (Å²) in [6, 6.07) is 15.5. The van der Waals surface area contributed by atoms with Gasteiger partial charge in [-0.3, -0.25) is 4.98 Å². The lowest BCUT2D eigenvalue weighted by molar-refractivity contribution is 0.876. The van der Waals surface area contributed by atoms with Crippen molar-refractivity contribution in [1.82, 2.24) is 4.98 Å². The summed E-state index contributed by atoms with van der Waals surface area (Å²) in [5, 5.41) is 1.77. The maximum absolute atomic E-state index is 6.40. The van der Waals surface area contributed by atoms with Crippen LogP contribution in [0.5, 0.6) is 0 Å². The van der Waals surface area contributed by atoms with E-state index in [1.807, 2.05) is 48.5 Å². The highest BCUT2D eigenvalue weighted by Crippen LogP contribution is 2.30. The van der Waals surface area contributed by atoms with Gasteiger partial charge in [0.25, 0.3) is 0 Å². The second-order valence-corrected chi connectivity index (χ2v) is 5.84. The molecule has 0 bridgehead atoms. The van der Waals surface area contributed by atoms with E-state index in [2.05, 4.69) is 20.9 Å². The summed E-state index contributed by atoms with van der Waals surface area (Å²) in [4.78, 5) is 4.45. The number of fused-ring (bicyclic) bond motifs is 1. The van der Waals surface area contributed by atoms with Crippen molar-refractivity contribution in [2.45, 2.75) is 6.04 Å². The second kappa shape index (κ2) is 5.52. The predicted octanol–water partition coefficient (Wildman–Crippen LogP) is 4.70. The van der Waals surface area contributed by atoms with Crippen LogP contribution in [0.3, 0.4) is 0 Å². The molecule has 0 aliphatic carbocycles. The van der Waals surface area contributed by atoms with E-state index in [4.69, 9.17) is 17.3 Å². The van der Waals surface area contributed by atoms with Gasteiger partial charge in [0.15, 0.2) is 0 Å². The Bertz CT molecular complexity index is 768. The molecule has 1 unspecified atom stereocenters. The molecule has 0 aliphatic heterocycles. The number of hydrogen-bond acceptors (Lipinski definition) is 2. The predicted molar refractivity (Wildman–Crippen MR) is 86.9 cm³/mol. The first-order valence-electron chi connectivity index (χ1n) is 6.21. The number of rotatable bonds is 2. The monoisotopic (exact) mass is 346 g/mol. The molecule has 3 aromatic rings. The first-order valence-corrected chi connectivity index (χ1v) is 7.38. The van der Waals surface area contributed by atoms with Crippen molar-refractivity contribution in [2.75, 3.05) is 0 Å². The molecule has 4 heteroatoms. The van der Waals surface area contributed by atoms with E-state index < -0.39 is 0 Å². The van der Waals surface area contributed by atoms with Crippen molar-refractivity contribution in [3.63, 3.8) is 0 Å². The molecule has 2 N–H and O–H groups in total. The minimum absolute atomic E-state index is 0.234. The molecule has 0 radical (unpaired) electrons. The zero-order chi connectivity index (χ0) is 14.1. The van der Waals surface area contributed by atoms with Crippen molar-refractivity contribution in [2.24, 2.45) is 5.73 Å². The van der Waals surface area contributed by atoms with Crippen molar-refractivity contribution in [3.05, 3.63) is 75.4 Å². The fourth-order valence-electron chi connectivity index (χ4n) is 2.26. The number of pyridine rings is 1. The molecule has 0 fully saturated rings. The summed E-state index contributed by atoms with van der Waals surface area (Å²) in [6.45, 7) is 0. The van der Waals surface area contributed by atoms with Crippen molar-refractivity contribution in [3.8, 4) is 0 Å². The van der Waals surface area contributed by atoms with E-state index >= 15 is 0 Å². The molecule has 20 heavy (non-hydrogen) atoms. The Kier molecular flexibility index (Phi) is 3.74. The number of hydrogen-bond donors (Lipinski definition) is 1. The van der Waals surface area contributed by atoms with Crippen LogP contribution >= 0.6 is 27.5 Å². The van der Waals surface area contributed by atoms with Gasteiger partial charge in [-0.1, -0.05) is 41.9 Å². The summed E-state index contributed by atoms with van der Waals surface area (Å²) in [6.07, 6.45) is 1.79. The van der Waals surface area contributed by atoms with Crippen LogP contribution in [0.25, 0.3) is 10.9 Å². The smallest absolute Gasteiger partial charge is 0.0753 e. The Morgan fingerprint density at radius 3 is 2.70 bits per heavy atom. The van der Waals surface area contributed by atoms with Crippen LogP contribution < -0.4 is 5.73 Å². The van der Waals surface area contributed by atoms with Gasteiger partial charge >= 0.3 is 0 Å². The van der Waals surface area contributed by atoms with Gasteiger partial charge in [0, 0.05) is 16.1 Å². The molecule has 100 valence electrons. The maximum atomic E-state index is 6.40. The standard InChI is InChI=1S/C16H12BrClN2/c17-13-9-11(6-7-14(13)18)15(19)12-5-1-3-10-4-2-8-20-16(10)12/h1-9,15H,19H2. The molecule has 1 heterocycles. The molecule has 3 rings (SSSR count). The number of nitrogens with two attached hydrogens (primary N) is 1. The lowest BCUT2D eigenvalue weighted by atomic mass is 9.97. The minimum Gasteiger partial charge on any atom is -0.320 e. The van der Waals surface area contributed by atoms with Gasteiger partial charge in [-0.2, -0.15) is 0 Å². The first kappa shape index (κ1) is 13.6. The fraction of sp³-hybridized carbons (Fsp3) is 0.0625. The van der Waals surface area contributed by atoms with E-state index in [-0.39, 0.29) is 6.04 Å². The average Bonchev–Trinajstić information content (AvgIpc) is 2.49. The number of para-hydroxylation sites is 1. The zero-order valence-electron chi connectivity index (χ0n) is 10.6. The topological polar surface area (TPSA) is 38.9 Å². The van der Waals surface area contributed by atoms with Gasteiger partial charge in [0.05, 0.1) is 16.6 Å². The number of nitrogens with zero attached hydrogens (tertiary/aromatic N) is 1. The molecule has 0 saturated carbocycles. The van der Waals surface area contributed by atoms with Gasteiger partial charge in [0.1, 0.15) is 0 Å². The Morgan fingerprint density at radius 2 is 1.90 bits per heavy atom. The molecule has 1 aromatic heterocycles. The lowest BCUT2D eigenvalue weighted by Gasteiger charge is -2.15. The zero-order valence-corrected chi connectivity index (χ0v) is 12.9. The molecule has 0 amide bonds. The molecule has 0 aliphatic rings. The fourth-order valence-corrected chi connectivity index (χ4v) is 2.78. The molecule has 2 nitrogen and oxygen atoms in total. The van der Waals surface area contributed by atoms with Gasteiger partial charge in [-0.15, -0.1) is 0 Å². The maximum Gasteiger partial charge on any atom is 0.0753 e. The molecular weight excluding hydrogens is 336 g/mol. The van der Waals surface area contributed by atoms with Crippen LogP contribution in [-0.2, 0) is 0 Å². The average molecular weight is 348 g/mol. The Morgan fingerprint density at radius 1 is 1.10 bits per heavy atom. The third-order valence-electron chi connectivity index (χ3n) is 3.30. The van der Waals surface area contributed by atoms with E-state index in [1.54, 1.807) is 6.20 Å². The van der Waals surface area contributed by atoms with Crippen molar-refractivity contribution in [1.29, 1.82) is 0 Å². The van der Waals surface area contributed by atoms with Crippen LogP contribution in [0.4, 0.5) is 0 Å². The lowest BCUT2D eigenvalue weighted by Crippen LogP contribution is -2.12. The highest BCUT2D eigenvalue weighted by Gasteiger charge is 2.13. The number of aromatic nitrogens is 1. The van der Waals surface area contributed by atoms with E-state index in [9.17, 15) is 0 Å². The SMILES string of the molecule is NC(c1ccc(Cl)c(Br)c1)c1cccc2cccnc12. The van der Waals surface area contributed by atoms with Gasteiger partial charge in [-0.05, 0) is 45.3 Å². The highest BCUT2D eigenvalue weighted by molar-refractivity contribution is 9.10. The van der Waals surface area contributed by atoms with Gasteiger partial charge in [0.2, 0.25) is 0 Å². The molecule has 2 aromatic carbocycles. The Balaban J connectivity index is 2.12. The summed E-state index contributed by atoms with van der Waals surface area (Å²) in [7, 11) is 0. The molecule has 0 spiro atoms. The van der Waals surface area contributed by atoms with Crippen LogP contribution in [0.15, 0.2) is 59.2 Å². The molecule has 0 saturated heterocycles. The van der Waals surface area contributed by atoms with Crippen LogP contribution in [0.1, 0.15) is 17.2 Å².